The number of ether oxygens (including phenoxy) is 1. The molecule has 48 valence electrons. The molecule has 2 nitrogen and oxygen atoms in total. The normalized spacial score (nSPS) is 35.2. The van der Waals surface area contributed by atoms with Crippen LogP contribution in [0.4, 0.5) is 0 Å². The molecular formula is C6H13NO. The van der Waals surface area contributed by atoms with Crippen LogP contribution in [0.3, 0.4) is 0 Å². The topological polar surface area (TPSA) is 35.2 Å². The molecular weight excluding hydrogens is 102 g/mol. The van der Waals surface area contributed by atoms with Crippen molar-refractivity contribution in [3.63, 3.8) is 0 Å². The highest BCUT2D eigenvalue weighted by molar-refractivity contribution is 4.89. The van der Waals surface area contributed by atoms with Crippen molar-refractivity contribution < 1.29 is 4.74 Å². The number of rotatable bonds is 3. The van der Waals surface area contributed by atoms with Crippen molar-refractivity contribution in [1.29, 1.82) is 0 Å². The van der Waals surface area contributed by atoms with E-state index in [9.17, 15) is 0 Å². The Balaban J connectivity index is 1.89. The van der Waals surface area contributed by atoms with Crippen molar-refractivity contribution in [2.24, 2.45) is 11.7 Å². The van der Waals surface area contributed by atoms with Gasteiger partial charge in [0.15, 0.2) is 0 Å². The Labute approximate surface area is 50.0 Å². The third kappa shape index (κ3) is 1.46. The summed E-state index contributed by atoms with van der Waals surface area (Å²) in [5.41, 5.74) is 5.53. The molecule has 1 fully saturated rings. The van der Waals surface area contributed by atoms with Gasteiger partial charge < -0.3 is 10.5 Å². The van der Waals surface area contributed by atoms with Gasteiger partial charge in [-0.05, 0) is 19.3 Å². The summed E-state index contributed by atoms with van der Waals surface area (Å²) in [6.45, 7) is 3.70. The van der Waals surface area contributed by atoms with Crippen LogP contribution in [-0.4, -0.2) is 19.3 Å². The summed E-state index contributed by atoms with van der Waals surface area (Å²) in [7, 11) is 0. The maximum atomic E-state index is 5.53. The molecule has 0 radical (unpaired) electrons. The van der Waals surface area contributed by atoms with Gasteiger partial charge >= 0.3 is 0 Å². The molecule has 0 aromatic rings. The highest BCUT2D eigenvalue weighted by Crippen LogP contribution is 2.27. The van der Waals surface area contributed by atoms with Crippen molar-refractivity contribution >= 4 is 0 Å². The summed E-state index contributed by atoms with van der Waals surface area (Å²) in [5.74, 6) is 0.676. The predicted molar refractivity (Wildman–Crippen MR) is 32.6 cm³/mol. The molecule has 0 aromatic carbocycles. The minimum absolute atomic E-state index is 0.446. The molecule has 0 aliphatic heterocycles. The zero-order valence-electron chi connectivity index (χ0n) is 5.26. The van der Waals surface area contributed by atoms with Gasteiger partial charge in [0.05, 0.1) is 6.61 Å². The van der Waals surface area contributed by atoms with Crippen LogP contribution in [0.25, 0.3) is 0 Å². The van der Waals surface area contributed by atoms with Crippen LogP contribution in [0, 0.1) is 5.92 Å². The van der Waals surface area contributed by atoms with Crippen molar-refractivity contribution in [3.8, 4) is 0 Å². The van der Waals surface area contributed by atoms with Crippen LogP contribution < -0.4 is 5.73 Å². The highest BCUT2D eigenvalue weighted by Gasteiger charge is 2.32. The van der Waals surface area contributed by atoms with E-state index in [2.05, 4.69) is 0 Å². The molecule has 0 heterocycles. The second kappa shape index (κ2) is 2.46. The van der Waals surface area contributed by atoms with Crippen molar-refractivity contribution in [1.82, 2.24) is 0 Å². The summed E-state index contributed by atoms with van der Waals surface area (Å²) in [6.07, 6.45) is 1.17. The van der Waals surface area contributed by atoms with Gasteiger partial charge in [0.25, 0.3) is 0 Å². The van der Waals surface area contributed by atoms with E-state index in [1.807, 2.05) is 6.92 Å². The van der Waals surface area contributed by atoms with Gasteiger partial charge in [0.1, 0.15) is 0 Å². The standard InChI is InChI=1S/C6H13NO/c1-2-8-4-5-3-6(5)7/h5-6H,2-4,7H2,1H3/t5-,6?/m0/s1. The predicted octanol–water partition coefficient (Wildman–Crippen LogP) is 0.370. The van der Waals surface area contributed by atoms with E-state index >= 15 is 0 Å². The monoisotopic (exact) mass is 115 g/mol. The molecule has 1 aliphatic carbocycles. The summed E-state index contributed by atoms with van der Waals surface area (Å²) < 4.78 is 5.15. The van der Waals surface area contributed by atoms with E-state index in [1.54, 1.807) is 0 Å². The van der Waals surface area contributed by atoms with Gasteiger partial charge in [0.2, 0.25) is 0 Å². The third-order valence-electron chi connectivity index (χ3n) is 1.51. The minimum atomic E-state index is 0.446. The van der Waals surface area contributed by atoms with Crippen molar-refractivity contribution in [3.05, 3.63) is 0 Å². The zero-order valence-corrected chi connectivity index (χ0v) is 5.26. The van der Waals surface area contributed by atoms with E-state index in [0.29, 0.717) is 12.0 Å². The summed E-state index contributed by atoms with van der Waals surface area (Å²) in [6, 6.07) is 0.446. The van der Waals surface area contributed by atoms with Crippen LogP contribution in [0.2, 0.25) is 0 Å². The fourth-order valence-electron chi connectivity index (χ4n) is 0.732. The molecule has 0 amide bonds. The van der Waals surface area contributed by atoms with Crippen LogP contribution in [0.15, 0.2) is 0 Å². The maximum absolute atomic E-state index is 5.53. The van der Waals surface area contributed by atoms with Gasteiger partial charge in [-0.3, -0.25) is 0 Å². The first-order chi connectivity index (χ1) is 3.84. The Morgan fingerprint density at radius 3 is 2.75 bits per heavy atom. The Morgan fingerprint density at radius 2 is 2.38 bits per heavy atom. The van der Waals surface area contributed by atoms with Crippen LogP contribution in [-0.2, 0) is 4.74 Å². The number of hydrogen-bond donors (Lipinski definition) is 1. The second-order valence-electron chi connectivity index (χ2n) is 2.32. The van der Waals surface area contributed by atoms with Crippen LogP contribution in [0.1, 0.15) is 13.3 Å². The van der Waals surface area contributed by atoms with Gasteiger partial charge in [-0.25, -0.2) is 0 Å². The van der Waals surface area contributed by atoms with Gasteiger partial charge in [-0.2, -0.15) is 0 Å². The first-order valence-electron chi connectivity index (χ1n) is 3.18. The molecule has 2 N–H and O–H groups in total. The first-order valence-corrected chi connectivity index (χ1v) is 3.18. The van der Waals surface area contributed by atoms with E-state index in [0.717, 1.165) is 13.2 Å². The quantitative estimate of drug-likeness (QED) is 0.576. The van der Waals surface area contributed by atoms with Gasteiger partial charge in [-0.1, -0.05) is 0 Å². The lowest BCUT2D eigenvalue weighted by molar-refractivity contribution is 0.136. The van der Waals surface area contributed by atoms with E-state index in [-0.39, 0.29) is 0 Å². The Kier molecular flexibility index (Phi) is 1.86. The summed E-state index contributed by atoms with van der Waals surface area (Å²) >= 11 is 0. The lowest BCUT2D eigenvalue weighted by Gasteiger charge is -1.95. The molecule has 0 aromatic heterocycles. The van der Waals surface area contributed by atoms with Crippen LogP contribution in [0.5, 0.6) is 0 Å². The Bertz CT molecular complexity index is 74.9. The molecule has 1 saturated carbocycles. The average Bonchev–Trinajstić information content (AvgIpc) is 2.42. The molecule has 1 unspecified atom stereocenters. The first kappa shape index (κ1) is 6.05. The fraction of sp³-hybridized carbons (Fsp3) is 1.00. The third-order valence-corrected chi connectivity index (χ3v) is 1.51. The molecule has 1 rings (SSSR count). The van der Waals surface area contributed by atoms with Gasteiger partial charge in [-0.15, -0.1) is 0 Å². The molecule has 1 aliphatic rings. The van der Waals surface area contributed by atoms with E-state index < -0.39 is 0 Å². The lowest BCUT2D eigenvalue weighted by atomic mass is 10.4. The SMILES string of the molecule is CCOC[C@@H]1CC1N. The zero-order chi connectivity index (χ0) is 5.98. The van der Waals surface area contributed by atoms with Crippen molar-refractivity contribution in [2.45, 2.75) is 19.4 Å². The molecule has 0 spiro atoms. The number of hydrogen-bond acceptors (Lipinski definition) is 2. The second-order valence-corrected chi connectivity index (χ2v) is 2.32. The largest absolute Gasteiger partial charge is 0.381 e. The Morgan fingerprint density at radius 1 is 1.75 bits per heavy atom. The van der Waals surface area contributed by atoms with E-state index in [4.69, 9.17) is 10.5 Å². The lowest BCUT2D eigenvalue weighted by Crippen LogP contribution is -2.06. The molecule has 8 heavy (non-hydrogen) atoms. The molecule has 0 bridgehead atoms. The van der Waals surface area contributed by atoms with Gasteiger partial charge in [0, 0.05) is 12.6 Å². The average molecular weight is 115 g/mol. The minimum Gasteiger partial charge on any atom is -0.381 e. The van der Waals surface area contributed by atoms with E-state index in [1.165, 1.54) is 6.42 Å². The fourth-order valence-corrected chi connectivity index (χ4v) is 0.732. The highest BCUT2D eigenvalue weighted by atomic mass is 16.5. The molecule has 2 heteroatoms. The number of nitrogens with two attached hydrogens (primary N) is 1. The maximum Gasteiger partial charge on any atom is 0.0509 e. The summed E-state index contributed by atoms with van der Waals surface area (Å²) in [4.78, 5) is 0. The Hall–Kier alpha value is -0.0800. The van der Waals surface area contributed by atoms with Crippen molar-refractivity contribution in [2.75, 3.05) is 13.2 Å². The molecule has 0 saturated heterocycles. The van der Waals surface area contributed by atoms with Crippen LogP contribution >= 0.6 is 0 Å². The smallest absolute Gasteiger partial charge is 0.0509 e. The molecule has 2 atom stereocenters. The summed E-state index contributed by atoms with van der Waals surface area (Å²) in [5, 5.41) is 0.